The lowest BCUT2D eigenvalue weighted by Crippen LogP contribution is -2.28. The van der Waals surface area contributed by atoms with E-state index in [4.69, 9.17) is 10.7 Å². The average Bonchev–Trinajstić information content (AvgIpc) is 4.13. The molecule has 0 unspecified atom stereocenters. The molecular formula is C74H54N2. The fourth-order valence-electron chi connectivity index (χ4n) is 13.5. The molecule has 14 rings (SSSR count). The Morgan fingerprint density at radius 1 is 0.395 bits per heavy atom. The topological polar surface area (TPSA) is 38.4 Å². The van der Waals surface area contributed by atoms with Crippen LogP contribution in [0.25, 0.3) is 82.5 Å². The predicted octanol–water partition coefficient (Wildman–Crippen LogP) is 18.1. The standard InChI is InChI=1S/C74H54N2/c1-73(2)70-53-30-13-12-22-48(53)40-42-64(70)63-37-21-36-62(71(63)73)60-44-43-58(54-31-14-15-32-55(54)60)59-45-46-61(57-34-17-16-33-56(57)59)68(76-72(75)50-23-6-3-7-24-50)47-41-49-25-20-39-67-69(49)65-35-18-19-38-66(65)74(67,51-26-8-4-9-27-51)52-28-10-5-11-29-52/h3-40,42-47H,41H2,1-2H3,(H2,75,76)/b68-47-. The number of nitrogens with two attached hydrogens (primary N) is 1. The van der Waals surface area contributed by atoms with Crippen molar-refractivity contribution in [3.8, 4) is 44.5 Å². The van der Waals surface area contributed by atoms with Crippen molar-refractivity contribution in [2.24, 2.45) is 10.7 Å². The van der Waals surface area contributed by atoms with E-state index in [0.29, 0.717) is 12.3 Å². The summed E-state index contributed by atoms with van der Waals surface area (Å²) in [6.45, 7) is 4.82. The first-order chi connectivity index (χ1) is 37.4. The maximum absolute atomic E-state index is 7.02. The molecule has 2 nitrogen and oxygen atoms in total. The highest BCUT2D eigenvalue weighted by molar-refractivity contribution is 6.13. The Balaban J connectivity index is 0.915. The zero-order valence-electron chi connectivity index (χ0n) is 42.6. The van der Waals surface area contributed by atoms with Crippen LogP contribution >= 0.6 is 0 Å². The van der Waals surface area contributed by atoms with Crippen molar-refractivity contribution in [3.63, 3.8) is 0 Å². The SMILES string of the molecule is CC1(C)c2c(cccc2-c2ccc(-c3ccc(/C(=C/Cc4cccc5c4-c4ccccc4C5(c4ccccc4)c4ccccc4)N=C(N)c4ccccc4)c4ccccc34)c3ccccc23)-c2ccc3ccccc3c21. The van der Waals surface area contributed by atoms with Gasteiger partial charge in [0.1, 0.15) is 5.84 Å². The normalized spacial score (nSPS) is 14.1. The predicted molar refractivity (Wildman–Crippen MR) is 320 cm³/mol. The number of amidine groups is 1. The molecule has 12 aromatic carbocycles. The van der Waals surface area contributed by atoms with Crippen LogP contribution in [0, 0.1) is 0 Å². The van der Waals surface area contributed by atoms with Gasteiger partial charge in [-0.25, -0.2) is 4.99 Å². The first-order valence-electron chi connectivity index (χ1n) is 26.5. The second-order valence-electron chi connectivity index (χ2n) is 21.0. The molecule has 2 aliphatic carbocycles. The van der Waals surface area contributed by atoms with E-state index in [0.717, 1.165) is 27.6 Å². The van der Waals surface area contributed by atoms with Crippen LogP contribution in [0.15, 0.2) is 272 Å². The minimum Gasteiger partial charge on any atom is -0.383 e. The Bertz CT molecular complexity index is 4290. The fourth-order valence-corrected chi connectivity index (χ4v) is 13.5. The van der Waals surface area contributed by atoms with Gasteiger partial charge in [-0.05, 0) is 122 Å². The Hall–Kier alpha value is -9.37. The quantitative estimate of drug-likeness (QED) is 0.114. The van der Waals surface area contributed by atoms with Gasteiger partial charge < -0.3 is 5.73 Å². The van der Waals surface area contributed by atoms with Crippen molar-refractivity contribution < 1.29 is 0 Å². The molecule has 0 aromatic heterocycles. The Labute approximate surface area is 444 Å². The lowest BCUT2D eigenvalue weighted by atomic mass is 9.67. The van der Waals surface area contributed by atoms with Crippen LogP contribution in [-0.4, -0.2) is 5.84 Å². The van der Waals surface area contributed by atoms with E-state index in [1.807, 2.05) is 30.3 Å². The molecule has 0 saturated carbocycles. The van der Waals surface area contributed by atoms with Gasteiger partial charge in [-0.3, -0.25) is 0 Å². The summed E-state index contributed by atoms with van der Waals surface area (Å²) < 4.78 is 0. The van der Waals surface area contributed by atoms with Crippen LogP contribution in [0.2, 0.25) is 0 Å². The summed E-state index contributed by atoms with van der Waals surface area (Å²) in [4.78, 5) is 5.37. The Kier molecular flexibility index (Phi) is 10.7. The highest BCUT2D eigenvalue weighted by Gasteiger charge is 2.46. The third kappa shape index (κ3) is 6.91. The van der Waals surface area contributed by atoms with E-state index in [1.165, 1.54) is 105 Å². The molecule has 0 atom stereocenters. The van der Waals surface area contributed by atoms with Crippen molar-refractivity contribution in [1.82, 2.24) is 0 Å². The van der Waals surface area contributed by atoms with Crippen LogP contribution in [0.1, 0.15) is 63.9 Å². The van der Waals surface area contributed by atoms with Crippen molar-refractivity contribution in [2.75, 3.05) is 0 Å². The second-order valence-corrected chi connectivity index (χ2v) is 21.0. The highest BCUT2D eigenvalue weighted by atomic mass is 14.9. The van der Waals surface area contributed by atoms with Gasteiger partial charge in [0.25, 0.3) is 0 Å². The van der Waals surface area contributed by atoms with E-state index >= 15 is 0 Å². The van der Waals surface area contributed by atoms with Crippen LogP contribution in [0.4, 0.5) is 0 Å². The molecular weight excluding hydrogens is 917 g/mol. The Morgan fingerprint density at radius 2 is 0.868 bits per heavy atom. The summed E-state index contributed by atoms with van der Waals surface area (Å²) >= 11 is 0. The fraction of sp³-hybridized carbons (Fsp3) is 0.0676. The van der Waals surface area contributed by atoms with Gasteiger partial charge in [0.05, 0.1) is 11.1 Å². The van der Waals surface area contributed by atoms with Crippen LogP contribution in [0.3, 0.4) is 0 Å². The number of fused-ring (bicyclic) bond motifs is 10. The van der Waals surface area contributed by atoms with Gasteiger partial charge in [-0.2, -0.15) is 0 Å². The molecule has 12 aromatic rings. The van der Waals surface area contributed by atoms with E-state index < -0.39 is 5.41 Å². The van der Waals surface area contributed by atoms with E-state index in [-0.39, 0.29) is 5.41 Å². The lowest BCUT2D eigenvalue weighted by Gasteiger charge is -2.33. The number of benzene rings is 12. The minimum absolute atomic E-state index is 0.203. The molecule has 0 bridgehead atoms. The van der Waals surface area contributed by atoms with E-state index in [2.05, 4.69) is 250 Å². The minimum atomic E-state index is -0.486. The monoisotopic (exact) mass is 970 g/mol. The van der Waals surface area contributed by atoms with E-state index in [9.17, 15) is 0 Å². The van der Waals surface area contributed by atoms with Gasteiger partial charge >= 0.3 is 0 Å². The summed E-state index contributed by atoms with van der Waals surface area (Å²) in [5, 5.41) is 7.35. The average molecular weight is 971 g/mol. The van der Waals surface area contributed by atoms with Gasteiger partial charge in [0.15, 0.2) is 0 Å². The summed E-state index contributed by atoms with van der Waals surface area (Å²) in [6.07, 6.45) is 2.94. The molecule has 0 radical (unpaired) electrons. The number of allylic oxidation sites excluding steroid dienone is 1. The van der Waals surface area contributed by atoms with Gasteiger partial charge in [0, 0.05) is 16.5 Å². The molecule has 2 aliphatic rings. The summed E-state index contributed by atoms with van der Waals surface area (Å²) in [7, 11) is 0. The van der Waals surface area contributed by atoms with E-state index in [1.54, 1.807) is 0 Å². The molecule has 0 saturated heterocycles. The summed E-state index contributed by atoms with van der Waals surface area (Å²) in [5.41, 5.74) is 28.3. The molecule has 0 aliphatic heterocycles. The van der Waals surface area contributed by atoms with Crippen molar-refractivity contribution >= 4 is 43.9 Å². The molecule has 2 N–H and O–H groups in total. The summed E-state index contributed by atoms with van der Waals surface area (Å²) in [5.74, 6) is 0.476. The van der Waals surface area contributed by atoms with Gasteiger partial charge in [0.2, 0.25) is 0 Å². The Morgan fingerprint density at radius 3 is 1.55 bits per heavy atom. The molecule has 76 heavy (non-hydrogen) atoms. The molecule has 0 fully saturated rings. The smallest absolute Gasteiger partial charge is 0.131 e. The molecule has 2 heteroatoms. The van der Waals surface area contributed by atoms with Gasteiger partial charge in [-0.15, -0.1) is 0 Å². The third-order valence-electron chi connectivity index (χ3n) is 16.6. The van der Waals surface area contributed by atoms with Gasteiger partial charge in [-0.1, -0.05) is 281 Å². The van der Waals surface area contributed by atoms with Crippen LogP contribution in [-0.2, 0) is 17.3 Å². The zero-order chi connectivity index (χ0) is 51.0. The summed E-state index contributed by atoms with van der Waals surface area (Å²) in [6, 6.07) is 95.4. The zero-order valence-corrected chi connectivity index (χ0v) is 42.6. The van der Waals surface area contributed by atoms with Crippen molar-refractivity contribution in [1.29, 1.82) is 0 Å². The highest BCUT2D eigenvalue weighted by Crippen LogP contribution is 2.58. The van der Waals surface area contributed by atoms with Crippen LogP contribution in [0.5, 0.6) is 0 Å². The molecule has 0 spiro atoms. The maximum atomic E-state index is 7.02. The number of nitrogens with zero attached hydrogens (tertiary/aromatic N) is 1. The number of aliphatic imine (C=N–C) groups is 1. The molecule has 0 heterocycles. The third-order valence-corrected chi connectivity index (χ3v) is 16.6. The number of hydrogen-bond acceptors (Lipinski definition) is 1. The second kappa shape index (κ2) is 17.9. The lowest BCUT2D eigenvalue weighted by molar-refractivity contribution is 0.668. The maximum Gasteiger partial charge on any atom is 0.131 e. The van der Waals surface area contributed by atoms with Crippen molar-refractivity contribution in [2.45, 2.75) is 31.1 Å². The first-order valence-corrected chi connectivity index (χ1v) is 26.5. The first kappa shape index (κ1) is 45.3. The van der Waals surface area contributed by atoms with Crippen LogP contribution < -0.4 is 5.73 Å². The number of hydrogen-bond donors (Lipinski definition) is 1. The number of rotatable bonds is 9. The van der Waals surface area contributed by atoms with Crippen molar-refractivity contribution in [3.05, 3.63) is 317 Å². The molecule has 0 amide bonds. The largest absolute Gasteiger partial charge is 0.383 e. The molecule has 360 valence electrons.